The first-order chi connectivity index (χ1) is 8.24. The second-order valence-corrected chi connectivity index (χ2v) is 5.28. The van der Waals surface area contributed by atoms with Crippen molar-refractivity contribution in [3.63, 3.8) is 0 Å². The Kier molecular flexibility index (Phi) is 4.40. The van der Waals surface area contributed by atoms with Crippen molar-refractivity contribution in [1.82, 2.24) is 15.1 Å². The summed E-state index contributed by atoms with van der Waals surface area (Å²) in [6.45, 7) is 6.39. The van der Waals surface area contributed by atoms with E-state index in [0.29, 0.717) is 11.9 Å². The number of hydrogen-bond donors (Lipinski definition) is 1. The van der Waals surface area contributed by atoms with Gasteiger partial charge in [-0.3, -0.25) is 9.69 Å². The molecule has 0 aromatic heterocycles. The predicted octanol–water partition coefficient (Wildman–Crippen LogP) is 0.681. The molecule has 2 fully saturated rings. The minimum atomic E-state index is 0.156. The molecule has 0 radical (unpaired) electrons. The molecule has 2 rings (SSSR count). The van der Waals surface area contributed by atoms with E-state index >= 15 is 0 Å². The van der Waals surface area contributed by atoms with Gasteiger partial charge in [0.2, 0.25) is 5.91 Å². The third-order valence-electron chi connectivity index (χ3n) is 4.06. The Morgan fingerprint density at radius 2 is 2.06 bits per heavy atom. The van der Waals surface area contributed by atoms with Crippen LogP contribution in [-0.4, -0.2) is 61.0 Å². The van der Waals surface area contributed by atoms with Gasteiger partial charge < -0.3 is 10.2 Å². The van der Waals surface area contributed by atoms with Crippen LogP contribution in [0, 0.1) is 0 Å². The summed E-state index contributed by atoms with van der Waals surface area (Å²) in [5.41, 5.74) is 0. The van der Waals surface area contributed by atoms with E-state index in [1.165, 1.54) is 12.8 Å². The zero-order valence-electron chi connectivity index (χ0n) is 11.1. The van der Waals surface area contributed by atoms with Gasteiger partial charge in [0.25, 0.3) is 0 Å². The van der Waals surface area contributed by atoms with Crippen LogP contribution in [0.5, 0.6) is 0 Å². The van der Waals surface area contributed by atoms with Crippen LogP contribution >= 0.6 is 0 Å². The highest BCUT2D eigenvalue weighted by Crippen LogP contribution is 2.22. The van der Waals surface area contributed by atoms with Crippen molar-refractivity contribution < 1.29 is 4.79 Å². The summed E-state index contributed by atoms with van der Waals surface area (Å²) in [4.78, 5) is 16.5. The SMILES string of the molecule is CCCN(C1CCNCC1)C1CCN(C)C1=O. The average molecular weight is 239 g/mol. The molecular formula is C13H25N3O. The maximum absolute atomic E-state index is 12.1. The number of nitrogens with zero attached hydrogens (tertiary/aromatic N) is 2. The Bertz CT molecular complexity index is 263. The van der Waals surface area contributed by atoms with Gasteiger partial charge in [-0.1, -0.05) is 6.92 Å². The Labute approximate surface area is 104 Å². The number of likely N-dealkylation sites (N-methyl/N-ethyl adjacent to an activating group) is 1. The standard InChI is InChI=1S/C13H25N3O/c1-3-9-16(11-4-7-14-8-5-11)12-6-10-15(2)13(12)17/h11-12,14H,3-10H2,1-2H3. The molecule has 0 aromatic rings. The topological polar surface area (TPSA) is 35.6 Å². The van der Waals surface area contributed by atoms with Crippen LogP contribution in [0.25, 0.3) is 0 Å². The Morgan fingerprint density at radius 1 is 1.35 bits per heavy atom. The molecule has 4 heteroatoms. The largest absolute Gasteiger partial charge is 0.344 e. The van der Waals surface area contributed by atoms with Crippen LogP contribution in [0.3, 0.4) is 0 Å². The van der Waals surface area contributed by atoms with E-state index in [2.05, 4.69) is 17.1 Å². The smallest absolute Gasteiger partial charge is 0.239 e. The fourth-order valence-electron chi connectivity index (χ4n) is 3.10. The molecule has 2 heterocycles. The van der Waals surface area contributed by atoms with Gasteiger partial charge in [0.15, 0.2) is 0 Å². The van der Waals surface area contributed by atoms with Gasteiger partial charge in [-0.05, 0) is 45.3 Å². The highest BCUT2D eigenvalue weighted by molar-refractivity contribution is 5.83. The molecule has 0 bridgehead atoms. The lowest BCUT2D eigenvalue weighted by Gasteiger charge is -2.37. The van der Waals surface area contributed by atoms with Crippen molar-refractivity contribution in [2.45, 2.75) is 44.7 Å². The Hall–Kier alpha value is -0.610. The van der Waals surface area contributed by atoms with Crippen molar-refractivity contribution in [3.05, 3.63) is 0 Å². The van der Waals surface area contributed by atoms with Crippen LogP contribution in [0.2, 0.25) is 0 Å². The van der Waals surface area contributed by atoms with Crippen molar-refractivity contribution in [1.29, 1.82) is 0 Å². The first-order valence-corrected chi connectivity index (χ1v) is 6.95. The molecule has 98 valence electrons. The number of hydrogen-bond acceptors (Lipinski definition) is 3. The molecule has 2 saturated heterocycles. The molecule has 0 aliphatic carbocycles. The first-order valence-electron chi connectivity index (χ1n) is 6.95. The van der Waals surface area contributed by atoms with E-state index in [1.807, 2.05) is 11.9 Å². The fraction of sp³-hybridized carbons (Fsp3) is 0.923. The number of piperidine rings is 1. The summed E-state index contributed by atoms with van der Waals surface area (Å²) >= 11 is 0. The lowest BCUT2D eigenvalue weighted by atomic mass is 10.0. The summed E-state index contributed by atoms with van der Waals surface area (Å²) in [6.07, 6.45) is 4.53. The molecule has 1 amide bonds. The summed E-state index contributed by atoms with van der Waals surface area (Å²) in [5.74, 6) is 0.331. The number of carbonyl (C=O) groups is 1. The fourth-order valence-corrected chi connectivity index (χ4v) is 3.10. The highest BCUT2D eigenvalue weighted by atomic mass is 16.2. The van der Waals surface area contributed by atoms with Gasteiger partial charge >= 0.3 is 0 Å². The molecule has 2 aliphatic rings. The third kappa shape index (κ3) is 2.80. The molecular weight excluding hydrogens is 214 g/mol. The van der Waals surface area contributed by atoms with Crippen molar-refractivity contribution in [3.8, 4) is 0 Å². The van der Waals surface area contributed by atoms with E-state index in [4.69, 9.17) is 0 Å². The second kappa shape index (κ2) is 5.83. The lowest BCUT2D eigenvalue weighted by molar-refractivity contribution is -0.132. The number of likely N-dealkylation sites (tertiary alicyclic amines) is 1. The van der Waals surface area contributed by atoms with Gasteiger partial charge in [0.1, 0.15) is 0 Å². The predicted molar refractivity (Wildman–Crippen MR) is 68.9 cm³/mol. The minimum Gasteiger partial charge on any atom is -0.344 e. The maximum Gasteiger partial charge on any atom is 0.239 e. The Balaban J connectivity index is 2.02. The highest BCUT2D eigenvalue weighted by Gasteiger charge is 2.37. The first kappa shape index (κ1) is 12.8. The van der Waals surface area contributed by atoms with Gasteiger partial charge in [0.05, 0.1) is 6.04 Å². The third-order valence-corrected chi connectivity index (χ3v) is 4.06. The molecule has 1 atom stereocenters. The zero-order valence-corrected chi connectivity index (χ0v) is 11.1. The lowest BCUT2D eigenvalue weighted by Crippen LogP contribution is -2.50. The summed E-state index contributed by atoms with van der Waals surface area (Å²) in [6, 6.07) is 0.764. The normalized spacial score (nSPS) is 27.1. The van der Waals surface area contributed by atoms with Gasteiger partial charge in [-0.2, -0.15) is 0 Å². The van der Waals surface area contributed by atoms with E-state index in [1.54, 1.807) is 0 Å². The second-order valence-electron chi connectivity index (χ2n) is 5.28. The summed E-state index contributed by atoms with van der Waals surface area (Å²) in [7, 11) is 1.93. The molecule has 0 spiro atoms. The van der Waals surface area contributed by atoms with E-state index in [9.17, 15) is 4.79 Å². The Morgan fingerprint density at radius 3 is 2.59 bits per heavy atom. The molecule has 2 aliphatic heterocycles. The van der Waals surface area contributed by atoms with Crippen LogP contribution in [0.15, 0.2) is 0 Å². The monoisotopic (exact) mass is 239 g/mol. The number of rotatable bonds is 4. The molecule has 17 heavy (non-hydrogen) atoms. The van der Waals surface area contributed by atoms with Crippen LogP contribution < -0.4 is 5.32 Å². The minimum absolute atomic E-state index is 0.156. The molecule has 1 N–H and O–H groups in total. The molecule has 0 saturated carbocycles. The number of nitrogens with one attached hydrogen (secondary N) is 1. The summed E-state index contributed by atoms with van der Waals surface area (Å²) in [5, 5.41) is 3.40. The van der Waals surface area contributed by atoms with Gasteiger partial charge in [-0.25, -0.2) is 0 Å². The van der Waals surface area contributed by atoms with Gasteiger partial charge in [0, 0.05) is 19.6 Å². The zero-order chi connectivity index (χ0) is 12.3. The molecule has 4 nitrogen and oxygen atoms in total. The van der Waals surface area contributed by atoms with E-state index < -0.39 is 0 Å². The van der Waals surface area contributed by atoms with Crippen molar-refractivity contribution >= 4 is 5.91 Å². The summed E-state index contributed by atoms with van der Waals surface area (Å²) < 4.78 is 0. The maximum atomic E-state index is 12.1. The van der Waals surface area contributed by atoms with Crippen LogP contribution in [-0.2, 0) is 4.79 Å². The number of amides is 1. The van der Waals surface area contributed by atoms with Crippen LogP contribution in [0.4, 0.5) is 0 Å². The van der Waals surface area contributed by atoms with Crippen molar-refractivity contribution in [2.75, 3.05) is 33.2 Å². The van der Waals surface area contributed by atoms with E-state index in [0.717, 1.165) is 39.0 Å². The molecule has 0 aromatic carbocycles. The van der Waals surface area contributed by atoms with Crippen molar-refractivity contribution in [2.24, 2.45) is 0 Å². The average Bonchev–Trinajstić information content (AvgIpc) is 2.69. The molecule has 1 unspecified atom stereocenters. The quantitative estimate of drug-likeness (QED) is 0.784. The van der Waals surface area contributed by atoms with E-state index in [-0.39, 0.29) is 6.04 Å². The number of carbonyl (C=O) groups excluding carboxylic acids is 1. The van der Waals surface area contributed by atoms with Gasteiger partial charge in [-0.15, -0.1) is 0 Å². The van der Waals surface area contributed by atoms with Crippen LogP contribution in [0.1, 0.15) is 32.6 Å².